The largest absolute Gasteiger partial charge is 0.465 e. The first-order chi connectivity index (χ1) is 9.49. The van der Waals surface area contributed by atoms with E-state index in [0.29, 0.717) is 17.8 Å². The second kappa shape index (κ2) is 7.65. The molecule has 0 radical (unpaired) electrons. The second-order valence-corrected chi connectivity index (χ2v) is 4.72. The van der Waals surface area contributed by atoms with Crippen molar-refractivity contribution >= 4 is 17.6 Å². The number of hydrogen-bond donors (Lipinski definition) is 2. The third kappa shape index (κ3) is 4.35. The highest BCUT2D eigenvalue weighted by Crippen LogP contribution is 2.18. The summed E-state index contributed by atoms with van der Waals surface area (Å²) < 4.78 is 4.68. The average molecular weight is 278 g/mol. The Balaban J connectivity index is 2.80. The smallest absolute Gasteiger partial charge is 0.337 e. The zero-order chi connectivity index (χ0) is 15.1. The summed E-state index contributed by atoms with van der Waals surface area (Å²) >= 11 is 0. The SMILES string of the molecule is CCNCC(C)C(=O)Nc1cc(C(=O)OC)ccc1C. The van der Waals surface area contributed by atoms with Gasteiger partial charge in [0, 0.05) is 18.2 Å². The second-order valence-electron chi connectivity index (χ2n) is 4.72. The number of carbonyl (C=O) groups is 2. The summed E-state index contributed by atoms with van der Waals surface area (Å²) in [6, 6.07) is 5.11. The summed E-state index contributed by atoms with van der Waals surface area (Å²) in [5, 5.41) is 5.98. The number of ether oxygens (including phenoxy) is 1. The summed E-state index contributed by atoms with van der Waals surface area (Å²) in [6.45, 7) is 7.18. The van der Waals surface area contributed by atoms with Gasteiger partial charge in [0.1, 0.15) is 0 Å². The van der Waals surface area contributed by atoms with Crippen LogP contribution in [0.4, 0.5) is 5.69 Å². The summed E-state index contributed by atoms with van der Waals surface area (Å²) in [6.07, 6.45) is 0. The van der Waals surface area contributed by atoms with Gasteiger partial charge in [-0.1, -0.05) is 19.9 Å². The van der Waals surface area contributed by atoms with Crippen LogP contribution >= 0.6 is 0 Å². The Morgan fingerprint density at radius 3 is 2.65 bits per heavy atom. The van der Waals surface area contributed by atoms with E-state index in [-0.39, 0.29) is 11.8 Å². The van der Waals surface area contributed by atoms with Crippen LogP contribution in [0.2, 0.25) is 0 Å². The zero-order valence-corrected chi connectivity index (χ0v) is 12.4. The number of hydrogen-bond acceptors (Lipinski definition) is 4. The van der Waals surface area contributed by atoms with Crippen LogP contribution in [0.25, 0.3) is 0 Å². The number of nitrogens with one attached hydrogen (secondary N) is 2. The number of rotatable bonds is 6. The fraction of sp³-hybridized carbons (Fsp3) is 0.467. The van der Waals surface area contributed by atoms with Crippen LogP contribution in [-0.2, 0) is 9.53 Å². The molecular weight excluding hydrogens is 256 g/mol. The van der Waals surface area contributed by atoms with Crippen molar-refractivity contribution in [3.63, 3.8) is 0 Å². The van der Waals surface area contributed by atoms with Crippen molar-refractivity contribution in [2.45, 2.75) is 20.8 Å². The maximum atomic E-state index is 12.1. The van der Waals surface area contributed by atoms with Gasteiger partial charge in [0.25, 0.3) is 0 Å². The van der Waals surface area contributed by atoms with Crippen molar-refractivity contribution in [2.24, 2.45) is 5.92 Å². The Kier molecular flexibility index (Phi) is 6.18. The van der Waals surface area contributed by atoms with E-state index < -0.39 is 5.97 Å². The molecule has 0 aliphatic heterocycles. The number of carbonyl (C=O) groups excluding carboxylic acids is 2. The molecular formula is C15H22N2O3. The van der Waals surface area contributed by atoms with E-state index >= 15 is 0 Å². The molecule has 1 aromatic carbocycles. The topological polar surface area (TPSA) is 67.4 Å². The molecule has 0 aliphatic carbocycles. The van der Waals surface area contributed by atoms with Crippen LogP contribution in [-0.4, -0.2) is 32.1 Å². The first-order valence-electron chi connectivity index (χ1n) is 6.70. The molecule has 5 nitrogen and oxygen atoms in total. The summed E-state index contributed by atoms with van der Waals surface area (Å²) in [5.41, 5.74) is 1.97. The Hall–Kier alpha value is -1.88. The number of anilines is 1. The Morgan fingerprint density at radius 2 is 2.05 bits per heavy atom. The minimum Gasteiger partial charge on any atom is -0.465 e. The minimum absolute atomic E-state index is 0.0731. The number of benzene rings is 1. The van der Waals surface area contributed by atoms with Crippen LogP contribution in [0.15, 0.2) is 18.2 Å². The van der Waals surface area contributed by atoms with Gasteiger partial charge in [-0.15, -0.1) is 0 Å². The van der Waals surface area contributed by atoms with Crippen molar-refractivity contribution in [1.29, 1.82) is 0 Å². The molecule has 0 aromatic heterocycles. The van der Waals surface area contributed by atoms with E-state index in [0.717, 1.165) is 12.1 Å². The lowest BCUT2D eigenvalue weighted by molar-refractivity contribution is -0.119. The fourth-order valence-corrected chi connectivity index (χ4v) is 1.71. The van der Waals surface area contributed by atoms with Crippen molar-refractivity contribution in [3.05, 3.63) is 29.3 Å². The molecule has 1 amide bonds. The molecule has 110 valence electrons. The van der Waals surface area contributed by atoms with E-state index in [9.17, 15) is 9.59 Å². The van der Waals surface area contributed by atoms with Crippen molar-refractivity contribution in [1.82, 2.24) is 5.32 Å². The van der Waals surface area contributed by atoms with Crippen molar-refractivity contribution in [3.8, 4) is 0 Å². The monoisotopic (exact) mass is 278 g/mol. The first-order valence-corrected chi connectivity index (χ1v) is 6.70. The lowest BCUT2D eigenvalue weighted by Gasteiger charge is -2.14. The third-order valence-electron chi connectivity index (χ3n) is 3.06. The average Bonchev–Trinajstić information content (AvgIpc) is 2.45. The molecule has 0 spiro atoms. The van der Waals surface area contributed by atoms with Gasteiger partial charge in [-0.3, -0.25) is 4.79 Å². The van der Waals surface area contributed by atoms with Gasteiger partial charge in [0.15, 0.2) is 0 Å². The van der Waals surface area contributed by atoms with Gasteiger partial charge in [-0.25, -0.2) is 4.79 Å². The quantitative estimate of drug-likeness (QED) is 0.781. The van der Waals surface area contributed by atoms with Crippen LogP contribution in [0.1, 0.15) is 29.8 Å². The van der Waals surface area contributed by atoms with E-state index in [1.807, 2.05) is 20.8 Å². The van der Waals surface area contributed by atoms with E-state index in [2.05, 4.69) is 15.4 Å². The van der Waals surface area contributed by atoms with Gasteiger partial charge in [0.2, 0.25) is 5.91 Å². The number of methoxy groups -OCH3 is 1. The molecule has 5 heteroatoms. The van der Waals surface area contributed by atoms with Crippen LogP contribution in [0, 0.1) is 12.8 Å². The normalized spacial score (nSPS) is 11.8. The molecule has 2 N–H and O–H groups in total. The zero-order valence-electron chi connectivity index (χ0n) is 12.4. The van der Waals surface area contributed by atoms with Gasteiger partial charge < -0.3 is 15.4 Å². The van der Waals surface area contributed by atoms with Gasteiger partial charge >= 0.3 is 5.97 Å². The Labute approximate surface area is 119 Å². The van der Waals surface area contributed by atoms with Crippen LogP contribution < -0.4 is 10.6 Å². The van der Waals surface area contributed by atoms with Gasteiger partial charge in [0.05, 0.1) is 12.7 Å². The molecule has 20 heavy (non-hydrogen) atoms. The molecule has 0 bridgehead atoms. The highest BCUT2D eigenvalue weighted by atomic mass is 16.5. The third-order valence-corrected chi connectivity index (χ3v) is 3.06. The summed E-state index contributed by atoms with van der Waals surface area (Å²) in [7, 11) is 1.33. The molecule has 1 atom stereocenters. The van der Waals surface area contributed by atoms with Gasteiger partial charge in [-0.2, -0.15) is 0 Å². The molecule has 1 unspecified atom stereocenters. The maximum Gasteiger partial charge on any atom is 0.337 e. The standard InChI is InChI=1S/C15H22N2O3/c1-5-16-9-11(3)14(18)17-13-8-12(15(19)20-4)7-6-10(13)2/h6-8,11,16H,5,9H2,1-4H3,(H,17,18). The van der Waals surface area contributed by atoms with E-state index in [4.69, 9.17) is 0 Å². The first kappa shape index (κ1) is 16.2. The highest BCUT2D eigenvalue weighted by Gasteiger charge is 2.15. The molecule has 0 fully saturated rings. The molecule has 0 heterocycles. The Morgan fingerprint density at radius 1 is 1.35 bits per heavy atom. The lowest BCUT2D eigenvalue weighted by atomic mass is 10.1. The molecule has 0 saturated carbocycles. The predicted molar refractivity (Wildman–Crippen MR) is 78.9 cm³/mol. The summed E-state index contributed by atoms with van der Waals surface area (Å²) in [4.78, 5) is 23.5. The van der Waals surface area contributed by atoms with Crippen molar-refractivity contribution < 1.29 is 14.3 Å². The lowest BCUT2D eigenvalue weighted by Crippen LogP contribution is -2.30. The van der Waals surface area contributed by atoms with Gasteiger partial charge in [-0.05, 0) is 31.2 Å². The number of aryl methyl sites for hydroxylation is 1. The fourth-order valence-electron chi connectivity index (χ4n) is 1.71. The number of esters is 1. The predicted octanol–water partition coefficient (Wildman–Crippen LogP) is 1.97. The van der Waals surface area contributed by atoms with Crippen LogP contribution in [0.3, 0.4) is 0 Å². The molecule has 0 saturated heterocycles. The molecule has 1 aromatic rings. The Bertz CT molecular complexity index is 486. The molecule has 1 rings (SSSR count). The van der Waals surface area contributed by atoms with E-state index in [1.54, 1.807) is 18.2 Å². The van der Waals surface area contributed by atoms with E-state index in [1.165, 1.54) is 7.11 Å². The van der Waals surface area contributed by atoms with Crippen molar-refractivity contribution in [2.75, 3.05) is 25.5 Å². The summed E-state index contributed by atoms with van der Waals surface area (Å²) in [5.74, 6) is -0.631. The maximum absolute atomic E-state index is 12.1. The van der Waals surface area contributed by atoms with Crippen LogP contribution in [0.5, 0.6) is 0 Å². The number of amides is 1. The highest BCUT2D eigenvalue weighted by molar-refractivity contribution is 5.96. The minimum atomic E-state index is -0.416. The molecule has 0 aliphatic rings.